The monoisotopic (exact) mass is 463 g/mol. The zero-order valence-electron chi connectivity index (χ0n) is 17.5. The Labute approximate surface area is 186 Å². The van der Waals surface area contributed by atoms with Gasteiger partial charge in [-0.25, -0.2) is 9.18 Å². The molecule has 0 saturated carbocycles. The fraction of sp³-hybridized carbons (Fsp3) is 0.476. The lowest BCUT2D eigenvalue weighted by atomic mass is 9.89. The molecule has 32 heavy (non-hydrogen) atoms. The second kappa shape index (κ2) is 7.66. The first-order chi connectivity index (χ1) is 15.2. The highest BCUT2D eigenvalue weighted by Crippen LogP contribution is 2.51. The minimum Gasteiger partial charge on any atom is -0.481 e. The molecule has 11 heteroatoms. The number of nitrogens with zero attached hydrogens (tertiary/aromatic N) is 3. The van der Waals surface area contributed by atoms with Crippen LogP contribution in [0.5, 0.6) is 0 Å². The molecule has 0 unspecified atom stereocenters. The largest absolute Gasteiger partial charge is 0.519 e. The van der Waals surface area contributed by atoms with Gasteiger partial charge in [0, 0.05) is 31.7 Å². The number of hydrogen-bond acceptors (Lipinski definition) is 9. The summed E-state index contributed by atoms with van der Waals surface area (Å²) in [4.78, 5) is 41.6. The molecule has 1 aromatic heterocycles. The van der Waals surface area contributed by atoms with Gasteiger partial charge in [0.15, 0.2) is 11.5 Å². The van der Waals surface area contributed by atoms with Gasteiger partial charge in [0.1, 0.15) is 17.5 Å². The number of aryl methyl sites for hydroxylation is 1. The van der Waals surface area contributed by atoms with E-state index in [4.69, 9.17) is 8.83 Å². The molecule has 2 saturated heterocycles. The van der Waals surface area contributed by atoms with Crippen molar-refractivity contribution in [2.24, 2.45) is 5.92 Å². The maximum Gasteiger partial charge on any atom is 0.519 e. The van der Waals surface area contributed by atoms with Crippen LogP contribution in [0.25, 0.3) is 0 Å². The molecule has 0 bridgehead atoms. The third kappa shape index (κ3) is 3.30. The van der Waals surface area contributed by atoms with Crippen LogP contribution in [0.2, 0.25) is 0 Å². The SMILES string of the molecule is Cc1oc(=O)oc1CN1CCN(c2cc3c(cc2F)C(=O)[C@@H](C(=O)O)[C@H]2S[C@@H](C)N32)CC1. The summed E-state index contributed by atoms with van der Waals surface area (Å²) in [5.41, 5.74) is 1.13. The van der Waals surface area contributed by atoms with Gasteiger partial charge in [-0.1, -0.05) is 0 Å². The van der Waals surface area contributed by atoms with Crippen LogP contribution in [0, 0.1) is 18.7 Å². The first-order valence-corrected chi connectivity index (χ1v) is 11.3. The van der Waals surface area contributed by atoms with Crippen molar-refractivity contribution in [3.63, 3.8) is 0 Å². The number of anilines is 2. The minimum absolute atomic E-state index is 0.0108. The van der Waals surface area contributed by atoms with Gasteiger partial charge < -0.3 is 23.7 Å². The summed E-state index contributed by atoms with van der Waals surface area (Å²) in [6, 6.07) is 2.86. The van der Waals surface area contributed by atoms with Crippen LogP contribution in [-0.2, 0) is 11.3 Å². The van der Waals surface area contributed by atoms with Crippen LogP contribution < -0.4 is 15.6 Å². The Bertz CT molecular complexity index is 1150. The number of carbonyl (C=O) groups excluding carboxylic acids is 1. The standard InChI is InChI=1S/C21H22FN3O6S/c1-10-16(31-21(29)30-10)9-23-3-5-24(6-4-23)15-8-14-12(7-13(15)22)18(26)17(20(27)28)19-25(14)11(2)32-19/h7-8,11,17,19H,3-6,9H2,1-2H3,(H,27,28)/t11-,17+,19+/m0/s1. The van der Waals surface area contributed by atoms with Gasteiger partial charge in [-0.05, 0) is 26.0 Å². The zero-order chi connectivity index (χ0) is 22.7. The molecule has 0 radical (unpaired) electrons. The van der Waals surface area contributed by atoms with Crippen molar-refractivity contribution in [3.05, 3.63) is 45.7 Å². The number of carboxylic acids is 1. The van der Waals surface area contributed by atoms with E-state index in [0.29, 0.717) is 55.6 Å². The van der Waals surface area contributed by atoms with E-state index < -0.39 is 34.7 Å². The van der Waals surface area contributed by atoms with E-state index >= 15 is 4.39 Å². The molecule has 0 spiro atoms. The lowest BCUT2D eigenvalue weighted by Gasteiger charge is -2.53. The third-order valence-electron chi connectivity index (χ3n) is 6.36. The van der Waals surface area contributed by atoms with Crippen molar-refractivity contribution < 1.29 is 27.9 Å². The first-order valence-electron chi connectivity index (χ1n) is 10.4. The number of carbonyl (C=O) groups is 2. The minimum atomic E-state index is -1.19. The molecule has 2 aromatic rings. The molecule has 9 nitrogen and oxygen atoms in total. The lowest BCUT2D eigenvalue weighted by molar-refractivity contribution is -0.140. The number of rotatable bonds is 4. The summed E-state index contributed by atoms with van der Waals surface area (Å²) < 4.78 is 25.0. The molecule has 3 atom stereocenters. The number of carboxylic acid groups (broad SMARTS) is 1. The van der Waals surface area contributed by atoms with Crippen molar-refractivity contribution >= 4 is 34.9 Å². The predicted molar refractivity (Wildman–Crippen MR) is 115 cm³/mol. The van der Waals surface area contributed by atoms with E-state index in [2.05, 4.69) is 4.90 Å². The molecule has 0 aliphatic carbocycles. The van der Waals surface area contributed by atoms with Crippen LogP contribution in [-0.4, -0.2) is 58.7 Å². The molecule has 1 N–H and O–H groups in total. The summed E-state index contributed by atoms with van der Waals surface area (Å²) in [6.45, 7) is 6.42. The number of benzene rings is 1. The van der Waals surface area contributed by atoms with Crippen molar-refractivity contribution in [3.8, 4) is 0 Å². The second-order valence-corrected chi connectivity index (χ2v) is 9.67. The normalized spacial score (nSPS) is 25.3. The molecule has 170 valence electrons. The van der Waals surface area contributed by atoms with E-state index in [-0.39, 0.29) is 10.9 Å². The number of aliphatic carboxylic acids is 1. The number of thioether (sulfide) groups is 1. The van der Waals surface area contributed by atoms with Gasteiger partial charge in [-0.2, -0.15) is 0 Å². The van der Waals surface area contributed by atoms with Gasteiger partial charge in [0.25, 0.3) is 0 Å². The number of Topliss-reactive ketones (excluding diaryl/α,β-unsaturated/α-hetero) is 1. The maximum absolute atomic E-state index is 15.1. The molecular formula is C21H22FN3O6S. The molecular weight excluding hydrogens is 441 g/mol. The molecule has 3 aliphatic rings. The topological polar surface area (TPSA) is 107 Å². The van der Waals surface area contributed by atoms with E-state index in [1.165, 1.54) is 17.8 Å². The van der Waals surface area contributed by atoms with Crippen molar-refractivity contribution in [2.45, 2.75) is 31.1 Å². The summed E-state index contributed by atoms with van der Waals surface area (Å²) in [6.07, 6.45) is 0. The summed E-state index contributed by atoms with van der Waals surface area (Å²) in [5, 5.41) is 9.07. The van der Waals surface area contributed by atoms with Gasteiger partial charge >= 0.3 is 11.8 Å². The first kappa shape index (κ1) is 21.1. The maximum atomic E-state index is 15.1. The van der Waals surface area contributed by atoms with E-state index in [0.717, 1.165) is 0 Å². The number of hydrogen-bond donors (Lipinski definition) is 1. The van der Waals surface area contributed by atoms with Crippen molar-refractivity contribution in [1.82, 2.24) is 4.90 Å². The fourth-order valence-corrected chi connectivity index (χ4v) is 6.06. The highest BCUT2D eigenvalue weighted by atomic mass is 32.2. The quantitative estimate of drug-likeness (QED) is 0.678. The third-order valence-corrected chi connectivity index (χ3v) is 7.76. The van der Waals surface area contributed by atoms with Crippen LogP contribution in [0.3, 0.4) is 0 Å². The van der Waals surface area contributed by atoms with Gasteiger partial charge in [0.05, 0.1) is 28.7 Å². The fourth-order valence-electron chi connectivity index (χ4n) is 4.65. The van der Waals surface area contributed by atoms with Crippen molar-refractivity contribution in [2.75, 3.05) is 36.0 Å². The Morgan fingerprint density at radius 3 is 2.50 bits per heavy atom. The Morgan fingerprint density at radius 2 is 1.91 bits per heavy atom. The van der Waals surface area contributed by atoms with E-state index in [1.807, 2.05) is 16.7 Å². The van der Waals surface area contributed by atoms with E-state index in [1.54, 1.807) is 13.0 Å². The average molecular weight is 463 g/mol. The lowest BCUT2D eigenvalue weighted by Crippen LogP contribution is -2.60. The molecule has 4 heterocycles. The Balaban J connectivity index is 1.37. The number of piperazine rings is 1. The second-order valence-electron chi connectivity index (χ2n) is 8.23. The smallest absolute Gasteiger partial charge is 0.481 e. The van der Waals surface area contributed by atoms with E-state index in [9.17, 15) is 19.5 Å². The molecule has 5 rings (SSSR count). The van der Waals surface area contributed by atoms with Gasteiger partial charge in [-0.3, -0.25) is 14.5 Å². The predicted octanol–water partition coefficient (Wildman–Crippen LogP) is 2.12. The average Bonchev–Trinajstić information content (AvgIpc) is 3.05. The summed E-state index contributed by atoms with van der Waals surface area (Å²) >= 11 is 1.44. The number of halogens is 1. The highest BCUT2D eigenvalue weighted by Gasteiger charge is 2.53. The Hall–Kier alpha value is -2.79. The molecule has 3 aliphatic heterocycles. The van der Waals surface area contributed by atoms with Crippen LogP contribution in [0.15, 0.2) is 25.8 Å². The number of ketones is 1. The van der Waals surface area contributed by atoms with Gasteiger partial charge in [-0.15, -0.1) is 11.8 Å². The Kier molecular flexibility index (Phi) is 5.05. The Morgan fingerprint density at radius 1 is 1.19 bits per heavy atom. The summed E-state index contributed by atoms with van der Waals surface area (Å²) in [5.74, 6) is -3.22. The summed E-state index contributed by atoms with van der Waals surface area (Å²) in [7, 11) is 0. The van der Waals surface area contributed by atoms with Crippen LogP contribution in [0.4, 0.5) is 15.8 Å². The van der Waals surface area contributed by atoms with Crippen LogP contribution >= 0.6 is 11.8 Å². The molecule has 0 amide bonds. The van der Waals surface area contributed by atoms with Gasteiger partial charge in [0.2, 0.25) is 0 Å². The molecule has 1 aromatic carbocycles. The van der Waals surface area contributed by atoms with Crippen molar-refractivity contribution in [1.29, 1.82) is 0 Å². The number of fused-ring (bicyclic) bond motifs is 3. The zero-order valence-corrected chi connectivity index (χ0v) is 18.4. The highest BCUT2D eigenvalue weighted by molar-refractivity contribution is 8.02. The van der Waals surface area contributed by atoms with Crippen LogP contribution in [0.1, 0.15) is 28.8 Å². The molecule has 2 fully saturated rings.